The maximum Gasteiger partial charge on any atom is 0.312 e. The van der Waals surface area contributed by atoms with Crippen LogP contribution in [-0.2, 0) is 19.1 Å². The van der Waals surface area contributed by atoms with Crippen molar-refractivity contribution in [3.8, 4) is 0 Å². The Bertz CT molecular complexity index is 743. The average molecular weight is 341 g/mol. The lowest BCUT2D eigenvalue weighted by atomic mass is 9.77. The molecule has 0 aromatic heterocycles. The smallest absolute Gasteiger partial charge is 0.312 e. The van der Waals surface area contributed by atoms with E-state index in [9.17, 15) is 9.59 Å². The van der Waals surface area contributed by atoms with Crippen LogP contribution in [0.4, 0.5) is 5.69 Å². The maximum atomic E-state index is 13.1. The first-order chi connectivity index (χ1) is 12.1. The van der Waals surface area contributed by atoms with E-state index in [1.807, 2.05) is 50.3 Å². The standard InChI is InChI=1S/C20H23NO4/c1-3-4-10-24-19(23)16-15-8-9-20(25-15)12-21(18(22)17(16)20)14-7-5-6-13(2)11-14/h5-9,11,15-17H,3-4,10,12H2,1-2H3. The molecule has 0 aliphatic carbocycles. The highest BCUT2D eigenvalue weighted by molar-refractivity contribution is 6.02. The molecule has 0 saturated carbocycles. The van der Waals surface area contributed by atoms with E-state index in [2.05, 4.69) is 0 Å². The first-order valence-electron chi connectivity index (χ1n) is 8.97. The highest BCUT2D eigenvalue weighted by Gasteiger charge is 2.67. The van der Waals surface area contributed by atoms with Crippen molar-refractivity contribution in [1.82, 2.24) is 0 Å². The molecule has 1 spiro atoms. The van der Waals surface area contributed by atoms with Gasteiger partial charge in [0, 0.05) is 5.69 Å². The Hall–Kier alpha value is -2.14. The summed E-state index contributed by atoms with van der Waals surface area (Å²) in [5.74, 6) is -1.38. The number of benzene rings is 1. The predicted molar refractivity (Wildman–Crippen MR) is 93.1 cm³/mol. The van der Waals surface area contributed by atoms with Gasteiger partial charge in [0.25, 0.3) is 0 Å². The first-order valence-corrected chi connectivity index (χ1v) is 8.97. The summed E-state index contributed by atoms with van der Waals surface area (Å²) in [5, 5.41) is 0. The molecule has 3 heterocycles. The fourth-order valence-electron chi connectivity index (χ4n) is 4.20. The number of anilines is 1. The van der Waals surface area contributed by atoms with E-state index >= 15 is 0 Å². The molecule has 4 rings (SSSR count). The number of hydrogen-bond donors (Lipinski definition) is 0. The molecule has 2 fully saturated rings. The molecule has 3 aliphatic rings. The maximum absolute atomic E-state index is 13.1. The molecule has 25 heavy (non-hydrogen) atoms. The zero-order chi connectivity index (χ0) is 17.6. The molecule has 3 aliphatic heterocycles. The number of hydrogen-bond acceptors (Lipinski definition) is 4. The molecule has 5 heteroatoms. The molecule has 1 aromatic rings. The van der Waals surface area contributed by atoms with Gasteiger partial charge >= 0.3 is 5.97 Å². The van der Waals surface area contributed by atoms with Crippen LogP contribution < -0.4 is 4.90 Å². The van der Waals surface area contributed by atoms with Crippen LogP contribution in [0.1, 0.15) is 25.3 Å². The molecule has 0 N–H and O–H groups in total. The van der Waals surface area contributed by atoms with Gasteiger partial charge in [-0.05, 0) is 31.0 Å². The average Bonchev–Trinajstić information content (AvgIpc) is 3.23. The monoisotopic (exact) mass is 341 g/mol. The number of esters is 1. The van der Waals surface area contributed by atoms with Gasteiger partial charge in [0.15, 0.2) is 0 Å². The second-order valence-corrected chi connectivity index (χ2v) is 7.18. The normalized spacial score (nSPS) is 32.3. The van der Waals surface area contributed by atoms with Gasteiger partial charge in [-0.2, -0.15) is 0 Å². The molecular formula is C20H23NO4. The van der Waals surface area contributed by atoms with Crippen LogP contribution in [0.5, 0.6) is 0 Å². The Balaban J connectivity index is 1.60. The zero-order valence-electron chi connectivity index (χ0n) is 14.6. The molecular weight excluding hydrogens is 318 g/mol. The van der Waals surface area contributed by atoms with Crippen LogP contribution in [0.2, 0.25) is 0 Å². The predicted octanol–water partition coefficient (Wildman–Crippen LogP) is 2.62. The third-order valence-electron chi connectivity index (χ3n) is 5.43. The summed E-state index contributed by atoms with van der Waals surface area (Å²) in [7, 11) is 0. The minimum absolute atomic E-state index is 0.0464. The summed E-state index contributed by atoms with van der Waals surface area (Å²) in [5.41, 5.74) is 1.25. The van der Waals surface area contributed by atoms with Gasteiger partial charge in [-0.1, -0.05) is 37.6 Å². The van der Waals surface area contributed by atoms with Crippen molar-refractivity contribution < 1.29 is 19.1 Å². The Morgan fingerprint density at radius 1 is 1.44 bits per heavy atom. The number of rotatable bonds is 5. The molecule has 132 valence electrons. The number of ether oxygens (including phenoxy) is 2. The number of aryl methyl sites for hydroxylation is 1. The molecule has 4 atom stereocenters. The van der Waals surface area contributed by atoms with Gasteiger partial charge < -0.3 is 14.4 Å². The lowest BCUT2D eigenvalue weighted by Crippen LogP contribution is -2.40. The van der Waals surface area contributed by atoms with Gasteiger partial charge in [-0.3, -0.25) is 9.59 Å². The zero-order valence-corrected chi connectivity index (χ0v) is 14.6. The molecule has 1 amide bonds. The lowest BCUT2D eigenvalue weighted by Gasteiger charge is -2.22. The fraction of sp³-hybridized carbons (Fsp3) is 0.500. The van der Waals surface area contributed by atoms with Crippen LogP contribution in [-0.4, -0.2) is 36.7 Å². The Labute approximate surface area is 147 Å². The molecule has 1 aromatic carbocycles. The van der Waals surface area contributed by atoms with Crippen molar-refractivity contribution in [2.75, 3.05) is 18.1 Å². The van der Waals surface area contributed by atoms with E-state index in [1.54, 1.807) is 4.90 Å². The molecule has 2 bridgehead atoms. The Morgan fingerprint density at radius 3 is 3.04 bits per heavy atom. The van der Waals surface area contributed by atoms with Gasteiger partial charge in [0.2, 0.25) is 5.91 Å². The quantitative estimate of drug-likeness (QED) is 0.469. The van der Waals surface area contributed by atoms with Crippen molar-refractivity contribution in [3.05, 3.63) is 42.0 Å². The number of amides is 1. The van der Waals surface area contributed by atoms with E-state index in [-0.39, 0.29) is 18.0 Å². The van der Waals surface area contributed by atoms with E-state index in [4.69, 9.17) is 9.47 Å². The van der Waals surface area contributed by atoms with E-state index in [0.29, 0.717) is 13.2 Å². The Morgan fingerprint density at radius 2 is 2.28 bits per heavy atom. The van der Waals surface area contributed by atoms with Crippen molar-refractivity contribution in [1.29, 1.82) is 0 Å². The fourth-order valence-corrected chi connectivity index (χ4v) is 4.20. The second kappa shape index (κ2) is 5.99. The highest BCUT2D eigenvalue weighted by Crippen LogP contribution is 2.52. The number of nitrogens with zero attached hydrogens (tertiary/aromatic N) is 1. The van der Waals surface area contributed by atoms with Gasteiger partial charge in [-0.15, -0.1) is 0 Å². The van der Waals surface area contributed by atoms with Crippen molar-refractivity contribution in [3.63, 3.8) is 0 Å². The third-order valence-corrected chi connectivity index (χ3v) is 5.43. The van der Waals surface area contributed by atoms with Crippen LogP contribution in [0.3, 0.4) is 0 Å². The molecule has 4 unspecified atom stereocenters. The number of fused-ring (bicyclic) bond motifs is 1. The van der Waals surface area contributed by atoms with Gasteiger partial charge in [-0.25, -0.2) is 0 Å². The lowest BCUT2D eigenvalue weighted by molar-refractivity contribution is -0.152. The van der Waals surface area contributed by atoms with E-state index in [0.717, 1.165) is 24.1 Å². The van der Waals surface area contributed by atoms with Crippen molar-refractivity contribution in [2.45, 2.75) is 38.4 Å². The first kappa shape index (κ1) is 16.3. The second-order valence-electron chi connectivity index (χ2n) is 7.18. The van der Waals surface area contributed by atoms with E-state index in [1.165, 1.54) is 0 Å². The van der Waals surface area contributed by atoms with Crippen LogP contribution >= 0.6 is 0 Å². The Kier molecular flexibility index (Phi) is 3.91. The van der Waals surface area contributed by atoms with Crippen LogP contribution in [0, 0.1) is 18.8 Å². The molecule has 0 radical (unpaired) electrons. The summed E-state index contributed by atoms with van der Waals surface area (Å²) in [6.07, 6.45) is 5.33. The number of unbranched alkanes of at least 4 members (excludes halogenated alkanes) is 1. The summed E-state index contributed by atoms with van der Waals surface area (Å²) >= 11 is 0. The minimum atomic E-state index is -0.695. The molecule has 5 nitrogen and oxygen atoms in total. The van der Waals surface area contributed by atoms with Gasteiger partial charge in [0.1, 0.15) is 11.5 Å². The summed E-state index contributed by atoms with van der Waals surface area (Å²) in [6.45, 7) is 4.90. The SMILES string of the molecule is CCCCOC(=O)C1C2C=CC3(CN(c4cccc(C)c4)C(=O)C13)O2. The third kappa shape index (κ3) is 2.49. The van der Waals surface area contributed by atoms with Crippen LogP contribution in [0.25, 0.3) is 0 Å². The van der Waals surface area contributed by atoms with E-state index < -0.39 is 17.4 Å². The largest absolute Gasteiger partial charge is 0.465 e. The number of carbonyl (C=O) groups excluding carboxylic acids is 2. The highest BCUT2D eigenvalue weighted by atomic mass is 16.6. The van der Waals surface area contributed by atoms with Crippen molar-refractivity contribution >= 4 is 17.6 Å². The van der Waals surface area contributed by atoms with Crippen LogP contribution in [0.15, 0.2) is 36.4 Å². The van der Waals surface area contributed by atoms with Gasteiger partial charge in [0.05, 0.1) is 25.2 Å². The summed E-state index contributed by atoms with van der Waals surface area (Å²) in [6, 6.07) is 7.85. The number of carbonyl (C=O) groups is 2. The molecule has 2 saturated heterocycles. The summed E-state index contributed by atoms with van der Waals surface area (Å²) in [4.78, 5) is 27.5. The topological polar surface area (TPSA) is 55.8 Å². The summed E-state index contributed by atoms with van der Waals surface area (Å²) < 4.78 is 11.5. The minimum Gasteiger partial charge on any atom is -0.465 e. The van der Waals surface area contributed by atoms with Crippen molar-refractivity contribution in [2.24, 2.45) is 11.8 Å².